The summed E-state index contributed by atoms with van der Waals surface area (Å²) in [7, 11) is 0. The lowest BCUT2D eigenvalue weighted by Crippen LogP contribution is -2.45. The van der Waals surface area contributed by atoms with E-state index < -0.39 is 10.8 Å². The van der Waals surface area contributed by atoms with Crippen molar-refractivity contribution in [3.8, 4) is 5.75 Å². The number of fused-ring (bicyclic) bond motifs is 1. The Balaban J connectivity index is 1.52. The molecule has 4 rings (SSSR count). The molecule has 0 bridgehead atoms. The minimum Gasteiger partial charge on any atom is -0.460 e. The Morgan fingerprint density at radius 2 is 1.57 bits per heavy atom. The van der Waals surface area contributed by atoms with E-state index in [9.17, 15) is 9.59 Å². The van der Waals surface area contributed by atoms with Crippen molar-refractivity contribution in [2.24, 2.45) is 21.7 Å². The van der Waals surface area contributed by atoms with Crippen LogP contribution in [0.1, 0.15) is 59.9 Å². The van der Waals surface area contributed by atoms with Crippen LogP contribution in [0.25, 0.3) is 10.8 Å². The first kappa shape index (κ1) is 27.3. The summed E-state index contributed by atoms with van der Waals surface area (Å²) in [5, 5.41) is 1.66. The lowest BCUT2D eigenvalue weighted by atomic mass is 9.63. The maximum Gasteiger partial charge on any atom is 0.318 e. The van der Waals surface area contributed by atoms with Gasteiger partial charge in [-0.2, -0.15) is 12.6 Å². The number of carbonyl (C=O) groups is 2. The molecular weight excluding hydrogens is 480 g/mol. The Kier molecular flexibility index (Phi) is 7.24. The van der Waals surface area contributed by atoms with Gasteiger partial charge in [-0.15, -0.1) is 0 Å². The molecule has 4 nitrogen and oxygen atoms in total. The first-order valence-electron chi connectivity index (χ1n) is 12.9. The van der Waals surface area contributed by atoms with Crippen molar-refractivity contribution in [2.45, 2.75) is 66.2 Å². The molecule has 3 aromatic carbocycles. The van der Waals surface area contributed by atoms with Gasteiger partial charge in [0.05, 0.1) is 10.8 Å². The summed E-state index contributed by atoms with van der Waals surface area (Å²) in [6.07, 6.45) is 1.22. The van der Waals surface area contributed by atoms with Gasteiger partial charge in [-0.1, -0.05) is 94.4 Å². The molecule has 3 aromatic rings. The lowest BCUT2D eigenvalue weighted by Gasteiger charge is -2.43. The van der Waals surface area contributed by atoms with Gasteiger partial charge in [-0.05, 0) is 54.5 Å². The van der Waals surface area contributed by atoms with Crippen LogP contribution in [0.5, 0.6) is 5.75 Å². The van der Waals surface area contributed by atoms with Gasteiger partial charge < -0.3 is 9.47 Å². The highest BCUT2D eigenvalue weighted by atomic mass is 32.1. The topological polar surface area (TPSA) is 52.6 Å². The van der Waals surface area contributed by atoms with Gasteiger partial charge in [0.25, 0.3) is 0 Å². The van der Waals surface area contributed by atoms with E-state index in [0.29, 0.717) is 18.6 Å². The standard InChI is InChI=1S/C32H38O4S/c1-22(37)30(4,27(33)36-26-18-12-16-24-15-10-11-17-25(24)26)20-29(2,3)32(6)21-31(32,5)28(34)35-19-23-13-8-7-9-14-23/h7-18,22,37H,19-21H2,1-6H3. The number of hydrogen-bond acceptors (Lipinski definition) is 5. The average Bonchev–Trinajstić information content (AvgIpc) is 3.47. The highest BCUT2D eigenvalue weighted by molar-refractivity contribution is 7.81. The van der Waals surface area contributed by atoms with Gasteiger partial charge in [0.15, 0.2) is 0 Å². The van der Waals surface area contributed by atoms with Crippen LogP contribution in [-0.4, -0.2) is 17.2 Å². The molecule has 0 aliphatic heterocycles. The Hall–Kier alpha value is -2.79. The summed E-state index contributed by atoms with van der Waals surface area (Å²) in [6.45, 7) is 12.5. The summed E-state index contributed by atoms with van der Waals surface area (Å²) < 4.78 is 11.8. The van der Waals surface area contributed by atoms with E-state index in [1.807, 2.05) is 93.6 Å². The molecule has 0 spiro atoms. The van der Waals surface area contributed by atoms with E-state index >= 15 is 0 Å². The summed E-state index contributed by atoms with van der Waals surface area (Å²) in [5.74, 6) is 0.0518. The fourth-order valence-corrected chi connectivity index (χ4v) is 6.03. The second-order valence-corrected chi connectivity index (χ2v) is 12.7. The molecule has 196 valence electrons. The number of thiol groups is 1. The third-order valence-electron chi connectivity index (χ3n) is 9.11. The molecule has 5 heteroatoms. The van der Waals surface area contributed by atoms with Gasteiger partial charge in [0.1, 0.15) is 12.4 Å². The van der Waals surface area contributed by atoms with E-state index in [0.717, 1.165) is 16.3 Å². The van der Waals surface area contributed by atoms with Crippen molar-refractivity contribution >= 4 is 35.3 Å². The Morgan fingerprint density at radius 3 is 2.24 bits per heavy atom. The zero-order valence-electron chi connectivity index (χ0n) is 22.7. The number of esters is 2. The van der Waals surface area contributed by atoms with Crippen molar-refractivity contribution in [2.75, 3.05) is 0 Å². The van der Waals surface area contributed by atoms with Crippen molar-refractivity contribution in [3.05, 3.63) is 78.4 Å². The minimum atomic E-state index is -0.871. The highest BCUT2D eigenvalue weighted by Crippen LogP contribution is 2.74. The van der Waals surface area contributed by atoms with Crippen LogP contribution in [0.2, 0.25) is 0 Å². The average molecular weight is 519 g/mol. The third kappa shape index (κ3) is 4.90. The predicted molar refractivity (Wildman–Crippen MR) is 152 cm³/mol. The smallest absolute Gasteiger partial charge is 0.318 e. The van der Waals surface area contributed by atoms with Crippen LogP contribution in [0.15, 0.2) is 72.8 Å². The monoisotopic (exact) mass is 518 g/mol. The normalized spacial score (nSPS) is 23.6. The highest BCUT2D eigenvalue weighted by Gasteiger charge is 2.73. The molecule has 1 aliphatic rings. The molecule has 0 saturated heterocycles. The first-order valence-corrected chi connectivity index (χ1v) is 13.4. The van der Waals surface area contributed by atoms with Crippen LogP contribution in [-0.2, 0) is 20.9 Å². The van der Waals surface area contributed by atoms with Gasteiger partial charge in [0, 0.05) is 10.6 Å². The van der Waals surface area contributed by atoms with E-state index in [-0.39, 0.29) is 34.6 Å². The fourth-order valence-electron chi connectivity index (χ4n) is 5.83. The predicted octanol–water partition coefficient (Wildman–Crippen LogP) is 7.65. The largest absolute Gasteiger partial charge is 0.460 e. The van der Waals surface area contributed by atoms with Crippen molar-refractivity contribution in [3.63, 3.8) is 0 Å². The molecular formula is C32H38O4S. The van der Waals surface area contributed by atoms with E-state index in [1.54, 1.807) is 0 Å². The van der Waals surface area contributed by atoms with E-state index in [4.69, 9.17) is 22.1 Å². The Labute approximate surface area is 226 Å². The molecule has 1 saturated carbocycles. The van der Waals surface area contributed by atoms with Gasteiger partial charge in [-0.25, -0.2) is 0 Å². The number of carbonyl (C=O) groups excluding carboxylic acids is 2. The number of hydrogen-bond donors (Lipinski definition) is 1. The fraction of sp³-hybridized carbons (Fsp3) is 0.438. The van der Waals surface area contributed by atoms with Crippen LogP contribution >= 0.6 is 12.6 Å². The van der Waals surface area contributed by atoms with Crippen molar-refractivity contribution in [1.29, 1.82) is 0 Å². The molecule has 1 aliphatic carbocycles. The summed E-state index contributed by atoms with van der Waals surface area (Å²) in [5.41, 5.74) is -1.22. The van der Waals surface area contributed by atoms with Crippen LogP contribution in [0.4, 0.5) is 0 Å². The van der Waals surface area contributed by atoms with E-state index in [2.05, 4.69) is 20.8 Å². The molecule has 4 unspecified atom stereocenters. The number of rotatable bonds is 9. The quantitative estimate of drug-likeness (QED) is 0.180. The maximum absolute atomic E-state index is 13.7. The second kappa shape index (κ2) is 9.83. The third-order valence-corrected chi connectivity index (χ3v) is 9.68. The van der Waals surface area contributed by atoms with Crippen molar-refractivity contribution in [1.82, 2.24) is 0 Å². The Bertz CT molecular complexity index is 1300. The van der Waals surface area contributed by atoms with E-state index in [1.165, 1.54) is 0 Å². The molecule has 1 fully saturated rings. The van der Waals surface area contributed by atoms with Crippen LogP contribution in [0.3, 0.4) is 0 Å². The molecule has 0 amide bonds. The minimum absolute atomic E-state index is 0.189. The summed E-state index contributed by atoms with van der Waals surface area (Å²) in [6, 6.07) is 23.3. The van der Waals surface area contributed by atoms with Crippen LogP contribution in [0, 0.1) is 21.7 Å². The molecule has 4 atom stereocenters. The summed E-state index contributed by atoms with van der Waals surface area (Å²) in [4.78, 5) is 27.0. The molecule has 0 N–H and O–H groups in total. The maximum atomic E-state index is 13.7. The molecule has 0 radical (unpaired) electrons. The van der Waals surface area contributed by atoms with Gasteiger partial charge in [0.2, 0.25) is 0 Å². The van der Waals surface area contributed by atoms with Crippen LogP contribution < -0.4 is 4.74 Å². The molecule has 37 heavy (non-hydrogen) atoms. The number of benzene rings is 3. The second-order valence-electron chi connectivity index (χ2n) is 11.9. The summed E-state index contributed by atoms with van der Waals surface area (Å²) >= 11 is 4.75. The first-order chi connectivity index (χ1) is 17.3. The Morgan fingerprint density at radius 1 is 0.946 bits per heavy atom. The van der Waals surface area contributed by atoms with Gasteiger partial charge >= 0.3 is 11.9 Å². The zero-order chi connectivity index (χ0) is 27.1. The molecule has 0 heterocycles. The zero-order valence-corrected chi connectivity index (χ0v) is 23.6. The molecule has 0 aromatic heterocycles. The lowest BCUT2D eigenvalue weighted by molar-refractivity contribution is -0.154. The van der Waals surface area contributed by atoms with Crippen molar-refractivity contribution < 1.29 is 19.1 Å². The van der Waals surface area contributed by atoms with Gasteiger partial charge in [-0.3, -0.25) is 9.59 Å². The number of ether oxygens (including phenoxy) is 2. The SMILES string of the molecule is CC(S)C(C)(CC(C)(C)C1(C)CC1(C)C(=O)OCc1ccccc1)C(=O)Oc1cccc2ccccc12.